The first-order valence-corrected chi connectivity index (χ1v) is 13.0. The summed E-state index contributed by atoms with van der Waals surface area (Å²) in [5.74, 6) is 0.326. The fourth-order valence-corrected chi connectivity index (χ4v) is 7.00. The number of hydrogen-bond acceptors (Lipinski definition) is 4. The van der Waals surface area contributed by atoms with Gasteiger partial charge in [-0.1, -0.05) is 78.4 Å². The monoisotopic (exact) mass is 470 g/mol. The maximum absolute atomic E-state index is 14.9. The summed E-state index contributed by atoms with van der Waals surface area (Å²) in [6, 6.07) is 23.1. The summed E-state index contributed by atoms with van der Waals surface area (Å²) in [5.41, 5.74) is 1.58. The number of aryl methyl sites for hydroxylation is 3. The van der Waals surface area contributed by atoms with Crippen molar-refractivity contribution in [3.63, 3.8) is 0 Å². The maximum Gasteiger partial charge on any atom is 0.248 e. The van der Waals surface area contributed by atoms with E-state index in [2.05, 4.69) is 0 Å². The zero-order chi connectivity index (χ0) is 24.5. The van der Waals surface area contributed by atoms with Crippen LogP contribution < -0.4 is 10.0 Å². The van der Waals surface area contributed by atoms with Gasteiger partial charge in [-0.25, -0.2) is 0 Å². The minimum atomic E-state index is -4.28. The van der Waals surface area contributed by atoms with Crippen molar-refractivity contribution >= 4 is 34.3 Å². The van der Waals surface area contributed by atoms with E-state index in [0.717, 1.165) is 10.9 Å². The molecule has 0 aliphatic heterocycles. The molecule has 4 nitrogen and oxygen atoms in total. The standard InChI is InChI=1S/C29H27O4P/c1-5-33-25-16-15-22-11-9-10-14-24(22)27(25)29(31)34(32,23-12-7-6-8-13-23)28(30)26-20(3)17-19(2)18-21(26)4/h6-18H,5H2,1-4H3. The third kappa shape index (κ3) is 3.99. The van der Waals surface area contributed by atoms with Gasteiger partial charge in [-0.3, -0.25) is 9.59 Å². The second kappa shape index (κ2) is 9.40. The summed E-state index contributed by atoms with van der Waals surface area (Å²) < 4.78 is 20.6. The first-order valence-electron chi connectivity index (χ1n) is 11.3. The van der Waals surface area contributed by atoms with Crippen LogP contribution in [-0.4, -0.2) is 17.7 Å². The Bertz CT molecular complexity index is 1430. The average molecular weight is 471 g/mol. The largest absolute Gasteiger partial charge is 0.493 e. The van der Waals surface area contributed by atoms with Crippen LogP contribution in [0.1, 0.15) is 44.3 Å². The van der Waals surface area contributed by atoms with Crippen LogP contribution in [0.25, 0.3) is 10.8 Å². The predicted octanol–water partition coefficient (Wildman–Crippen LogP) is 6.83. The van der Waals surface area contributed by atoms with E-state index in [1.165, 1.54) is 0 Å². The second-order valence-electron chi connectivity index (χ2n) is 8.42. The molecule has 4 rings (SSSR count). The summed E-state index contributed by atoms with van der Waals surface area (Å²) >= 11 is 0. The van der Waals surface area contributed by atoms with Crippen LogP contribution in [0.15, 0.2) is 78.9 Å². The Morgan fingerprint density at radius 1 is 0.765 bits per heavy atom. The molecule has 1 atom stereocenters. The molecule has 34 heavy (non-hydrogen) atoms. The number of ether oxygens (including phenoxy) is 1. The Morgan fingerprint density at radius 2 is 1.35 bits per heavy atom. The van der Waals surface area contributed by atoms with Gasteiger partial charge in [0.25, 0.3) is 0 Å². The van der Waals surface area contributed by atoms with Gasteiger partial charge in [0.05, 0.1) is 12.2 Å². The molecule has 0 radical (unpaired) electrons. The van der Waals surface area contributed by atoms with Crippen LogP contribution in [-0.2, 0) is 4.57 Å². The van der Waals surface area contributed by atoms with Crippen LogP contribution in [0.3, 0.4) is 0 Å². The second-order valence-corrected chi connectivity index (χ2v) is 11.0. The molecule has 4 aromatic rings. The third-order valence-corrected chi connectivity index (χ3v) is 8.60. The minimum absolute atomic E-state index is 0.183. The fraction of sp³-hybridized carbons (Fsp3) is 0.172. The number of fused-ring (bicyclic) bond motifs is 1. The molecule has 0 aliphatic rings. The topological polar surface area (TPSA) is 60.4 Å². The van der Waals surface area contributed by atoms with E-state index < -0.39 is 18.2 Å². The van der Waals surface area contributed by atoms with Crippen molar-refractivity contribution in [3.05, 3.63) is 107 Å². The Morgan fingerprint density at radius 3 is 2.00 bits per heavy atom. The number of rotatable bonds is 7. The minimum Gasteiger partial charge on any atom is -0.493 e. The highest BCUT2D eigenvalue weighted by molar-refractivity contribution is 8.01. The lowest BCUT2D eigenvalue weighted by atomic mass is 10.0. The molecule has 0 saturated heterocycles. The van der Waals surface area contributed by atoms with E-state index in [1.54, 1.807) is 42.5 Å². The van der Waals surface area contributed by atoms with Gasteiger partial charge >= 0.3 is 0 Å². The van der Waals surface area contributed by atoms with Crippen LogP contribution in [0.4, 0.5) is 0 Å². The molecular weight excluding hydrogens is 443 g/mol. The molecule has 0 spiro atoms. The summed E-state index contributed by atoms with van der Waals surface area (Å²) in [6.07, 6.45) is 0. The van der Waals surface area contributed by atoms with Gasteiger partial charge < -0.3 is 9.30 Å². The van der Waals surface area contributed by atoms with Gasteiger partial charge in [0.15, 0.2) is 0 Å². The summed E-state index contributed by atoms with van der Waals surface area (Å²) in [5, 5.41) is 1.64. The molecule has 4 aromatic carbocycles. The molecular formula is C29H27O4P. The average Bonchev–Trinajstić information content (AvgIpc) is 2.83. The van der Waals surface area contributed by atoms with Crippen molar-refractivity contribution in [1.29, 1.82) is 0 Å². The summed E-state index contributed by atoms with van der Waals surface area (Å²) in [4.78, 5) is 28.4. The molecule has 172 valence electrons. The van der Waals surface area contributed by atoms with Crippen molar-refractivity contribution in [2.24, 2.45) is 0 Å². The zero-order valence-electron chi connectivity index (χ0n) is 19.8. The quantitative estimate of drug-likeness (QED) is 0.278. The molecule has 0 N–H and O–H groups in total. The Labute approximate surface area is 200 Å². The van der Waals surface area contributed by atoms with Crippen molar-refractivity contribution in [3.8, 4) is 5.75 Å². The van der Waals surface area contributed by atoms with E-state index in [0.29, 0.717) is 34.4 Å². The lowest BCUT2D eigenvalue weighted by molar-refractivity contribution is 0.103. The van der Waals surface area contributed by atoms with E-state index in [9.17, 15) is 14.2 Å². The lowest BCUT2D eigenvalue weighted by Gasteiger charge is -2.21. The van der Waals surface area contributed by atoms with E-state index in [4.69, 9.17) is 4.74 Å². The van der Waals surface area contributed by atoms with Gasteiger partial charge in [0.2, 0.25) is 18.2 Å². The van der Waals surface area contributed by atoms with Gasteiger partial charge in [-0.2, -0.15) is 0 Å². The van der Waals surface area contributed by atoms with Crippen LogP contribution >= 0.6 is 7.14 Å². The molecule has 0 heterocycles. The highest BCUT2D eigenvalue weighted by Crippen LogP contribution is 2.54. The van der Waals surface area contributed by atoms with Crippen molar-refractivity contribution in [1.82, 2.24) is 0 Å². The Hall–Kier alpha value is -3.49. The van der Waals surface area contributed by atoms with Gasteiger partial charge in [0.1, 0.15) is 5.75 Å². The van der Waals surface area contributed by atoms with Crippen LogP contribution in [0.2, 0.25) is 0 Å². The highest BCUT2D eigenvalue weighted by atomic mass is 31.2. The molecule has 0 saturated carbocycles. The highest BCUT2D eigenvalue weighted by Gasteiger charge is 2.45. The van der Waals surface area contributed by atoms with Crippen molar-refractivity contribution in [2.75, 3.05) is 6.61 Å². The first-order chi connectivity index (χ1) is 16.3. The third-order valence-electron chi connectivity index (χ3n) is 5.99. The van der Waals surface area contributed by atoms with Crippen LogP contribution in [0.5, 0.6) is 5.75 Å². The van der Waals surface area contributed by atoms with Crippen molar-refractivity contribution < 1.29 is 18.9 Å². The van der Waals surface area contributed by atoms with E-state index >= 15 is 0 Å². The maximum atomic E-state index is 14.9. The fourth-order valence-electron chi connectivity index (χ4n) is 4.54. The molecule has 0 bridgehead atoms. The van der Waals surface area contributed by atoms with Crippen molar-refractivity contribution in [2.45, 2.75) is 27.7 Å². The van der Waals surface area contributed by atoms with Gasteiger partial charge in [-0.05, 0) is 55.7 Å². The van der Waals surface area contributed by atoms with Gasteiger partial charge in [-0.15, -0.1) is 0 Å². The van der Waals surface area contributed by atoms with Crippen LogP contribution in [0, 0.1) is 20.8 Å². The number of hydrogen-bond donors (Lipinski definition) is 0. The molecule has 0 aromatic heterocycles. The number of benzene rings is 4. The SMILES string of the molecule is CCOc1ccc2ccccc2c1C(=O)P(=O)(C(=O)c1c(C)cc(C)cc1C)c1ccccc1. The lowest BCUT2D eigenvalue weighted by Crippen LogP contribution is -2.22. The number of carbonyl (C=O) groups is 2. The predicted molar refractivity (Wildman–Crippen MR) is 138 cm³/mol. The Kier molecular flexibility index (Phi) is 6.54. The zero-order valence-corrected chi connectivity index (χ0v) is 20.7. The smallest absolute Gasteiger partial charge is 0.248 e. The van der Waals surface area contributed by atoms with E-state index in [-0.39, 0.29) is 10.9 Å². The molecule has 0 fully saturated rings. The molecule has 5 heteroatoms. The summed E-state index contributed by atoms with van der Waals surface area (Å²) in [6.45, 7) is 7.73. The summed E-state index contributed by atoms with van der Waals surface area (Å²) in [7, 11) is -4.28. The molecule has 1 unspecified atom stereocenters. The first kappa shape index (κ1) is 23.7. The normalized spacial score (nSPS) is 12.8. The number of carbonyl (C=O) groups excluding carboxylic acids is 2. The van der Waals surface area contributed by atoms with Gasteiger partial charge in [0, 0.05) is 10.9 Å². The van der Waals surface area contributed by atoms with E-state index in [1.807, 2.05) is 64.1 Å². The Balaban J connectivity index is 2.03. The molecule has 0 aliphatic carbocycles. The molecule has 0 amide bonds.